The molecule has 3 amide bonds. The number of carbonyl (C=O) groups excluding carboxylic acids is 3. The Balaban J connectivity index is 2.74. The molecule has 4 unspecified atom stereocenters. The van der Waals surface area contributed by atoms with Crippen LogP contribution in [-0.2, 0) is 25.6 Å². The zero-order valence-corrected chi connectivity index (χ0v) is 17.3. The summed E-state index contributed by atoms with van der Waals surface area (Å²) < 4.78 is 0. The zero-order chi connectivity index (χ0) is 22.8. The molecule has 0 saturated heterocycles. The normalized spacial score (nSPS) is 14.9. The quantitative estimate of drug-likeness (QED) is 0.259. The van der Waals surface area contributed by atoms with Crippen LogP contribution in [0.1, 0.15) is 26.3 Å². The maximum atomic E-state index is 12.5. The average Bonchev–Trinajstić information content (AvgIpc) is 2.70. The van der Waals surface area contributed by atoms with E-state index in [0.717, 1.165) is 5.56 Å². The molecule has 4 atom stereocenters. The molecule has 30 heavy (non-hydrogen) atoms. The van der Waals surface area contributed by atoms with Gasteiger partial charge in [0.05, 0.1) is 6.61 Å². The lowest BCUT2D eigenvalue weighted by Gasteiger charge is -2.25. The Labute approximate surface area is 175 Å². The van der Waals surface area contributed by atoms with E-state index in [2.05, 4.69) is 16.0 Å². The Morgan fingerprint density at radius 2 is 1.53 bits per heavy atom. The molecule has 0 radical (unpaired) electrons. The van der Waals surface area contributed by atoms with E-state index in [0.29, 0.717) is 0 Å². The molecule has 1 aromatic rings. The summed E-state index contributed by atoms with van der Waals surface area (Å²) in [4.78, 5) is 48.4. The standard InChI is InChI=1S/C20H30N4O6/c1-11(2)16(24-18(27)14(21)10-25)19(28)22-12(3)17(26)23-15(20(29)30)9-13-7-5-4-6-8-13/h4-8,11-12,14-16,25H,9-10,21H2,1-3H3,(H,22,28)(H,23,26)(H,24,27)(H,29,30). The van der Waals surface area contributed by atoms with Crippen molar-refractivity contribution in [1.82, 2.24) is 16.0 Å². The largest absolute Gasteiger partial charge is 0.480 e. The van der Waals surface area contributed by atoms with E-state index in [1.807, 2.05) is 0 Å². The molecule has 0 aliphatic carbocycles. The van der Waals surface area contributed by atoms with Crippen molar-refractivity contribution in [1.29, 1.82) is 0 Å². The van der Waals surface area contributed by atoms with Crippen LogP contribution in [-0.4, -0.2) is 64.7 Å². The van der Waals surface area contributed by atoms with Crippen LogP contribution in [0.4, 0.5) is 0 Å². The number of hydrogen-bond acceptors (Lipinski definition) is 6. The molecule has 166 valence electrons. The number of nitrogens with two attached hydrogens (primary N) is 1. The number of aliphatic hydroxyl groups excluding tert-OH is 1. The van der Waals surface area contributed by atoms with Crippen LogP contribution in [0.3, 0.4) is 0 Å². The molecule has 0 fully saturated rings. The number of carbonyl (C=O) groups is 4. The van der Waals surface area contributed by atoms with Gasteiger partial charge in [0.2, 0.25) is 17.7 Å². The number of rotatable bonds is 11. The Morgan fingerprint density at radius 1 is 0.933 bits per heavy atom. The number of hydrogen-bond donors (Lipinski definition) is 6. The van der Waals surface area contributed by atoms with Crippen LogP contribution in [0.25, 0.3) is 0 Å². The number of amides is 3. The Morgan fingerprint density at radius 3 is 2.03 bits per heavy atom. The fourth-order valence-corrected chi connectivity index (χ4v) is 2.59. The Bertz CT molecular complexity index is 740. The molecule has 0 aromatic heterocycles. The summed E-state index contributed by atoms with van der Waals surface area (Å²) in [5, 5.41) is 25.7. The van der Waals surface area contributed by atoms with Crippen molar-refractivity contribution in [2.24, 2.45) is 11.7 Å². The molecular formula is C20H30N4O6. The lowest BCUT2D eigenvalue weighted by atomic mass is 10.0. The minimum Gasteiger partial charge on any atom is -0.480 e. The summed E-state index contributed by atoms with van der Waals surface area (Å²) in [5.41, 5.74) is 6.19. The lowest BCUT2D eigenvalue weighted by molar-refractivity contribution is -0.142. The van der Waals surface area contributed by atoms with Crippen molar-refractivity contribution in [3.63, 3.8) is 0 Å². The molecule has 0 heterocycles. The molecule has 0 aliphatic rings. The number of aliphatic carboxylic acids is 1. The van der Waals surface area contributed by atoms with Gasteiger partial charge in [-0.3, -0.25) is 14.4 Å². The summed E-state index contributed by atoms with van der Waals surface area (Å²) in [7, 11) is 0. The van der Waals surface area contributed by atoms with Crippen molar-refractivity contribution in [2.45, 2.75) is 51.4 Å². The van der Waals surface area contributed by atoms with E-state index in [4.69, 9.17) is 10.8 Å². The second kappa shape index (κ2) is 11.9. The maximum absolute atomic E-state index is 12.5. The van der Waals surface area contributed by atoms with Crippen molar-refractivity contribution in [3.8, 4) is 0 Å². The molecule has 0 aliphatic heterocycles. The van der Waals surface area contributed by atoms with Crippen molar-refractivity contribution in [3.05, 3.63) is 35.9 Å². The fraction of sp³-hybridized carbons (Fsp3) is 0.500. The van der Waals surface area contributed by atoms with Gasteiger partial charge in [-0.15, -0.1) is 0 Å². The summed E-state index contributed by atoms with van der Waals surface area (Å²) in [5.74, 6) is -3.51. The second-order valence-electron chi connectivity index (χ2n) is 7.34. The van der Waals surface area contributed by atoms with E-state index in [1.165, 1.54) is 6.92 Å². The third kappa shape index (κ3) is 7.80. The van der Waals surface area contributed by atoms with Gasteiger partial charge in [0, 0.05) is 6.42 Å². The van der Waals surface area contributed by atoms with E-state index in [-0.39, 0.29) is 12.3 Å². The van der Waals surface area contributed by atoms with Crippen LogP contribution in [0.2, 0.25) is 0 Å². The van der Waals surface area contributed by atoms with Gasteiger partial charge in [0.25, 0.3) is 0 Å². The monoisotopic (exact) mass is 422 g/mol. The summed E-state index contributed by atoms with van der Waals surface area (Å²) in [6.45, 7) is 4.22. The highest BCUT2D eigenvalue weighted by atomic mass is 16.4. The first kappa shape index (κ1) is 25.1. The third-order valence-electron chi connectivity index (χ3n) is 4.43. The number of nitrogens with one attached hydrogen (secondary N) is 3. The minimum absolute atomic E-state index is 0.0896. The molecule has 1 rings (SSSR count). The molecule has 0 spiro atoms. The topological polar surface area (TPSA) is 171 Å². The first-order chi connectivity index (χ1) is 14.1. The highest BCUT2D eigenvalue weighted by Gasteiger charge is 2.29. The number of aliphatic hydroxyl groups is 1. The zero-order valence-electron chi connectivity index (χ0n) is 17.3. The third-order valence-corrected chi connectivity index (χ3v) is 4.43. The summed E-state index contributed by atoms with van der Waals surface area (Å²) in [6.07, 6.45) is 0.0896. The Kier molecular flexibility index (Phi) is 9.93. The minimum atomic E-state index is -1.20. The Hall–Kier alpha value is -2.98. The highest BCUT2D eigenvalue weighted by molar-refractivity contribution is 5.94. The van der Waals surface area contributed by atoms with Gasteiger partial charge in [-0.05, 0) is 18.4 Å². The van der Waals surface area contributed by atoms with Crippen molar-refractivity contribution in [2.75, 3.05) is 6.61 Å². The second-order valence-corrected chi connectivity index (χ2v) is 7.34. The lowest BCUT2D eigenvalue weighted by Crippen LogP contribution is -2.58. The van der Waals surface area contributed by atoms with Gasteiger partial charge >= 0.3 is 5.97 Å². The summed E-state index contributed by atoms with van der Waals surface area (Å²) >= 11 is 0. The summed E-state index contributed by atoms with van der Waals surface area (Å²) in [6, 6.07) is 4.47. The smallest absolute Gasteiger partial charge is 0.326 e. The van der Waals surface area contributed by atoms with Crippen molar-refractivity contribution < 1.29 is 29.4 Å². The molecule has 10 heteroatoms. The van der Waals surface area contributed by atoms with Crippen LogP contribution in [0.5, 0.6) is 0 Å². The maximum Gasteiger partial charge on any atom is 0.326 e. The van der Waals surface area contributed by atoms with Crippen LogP contribution < -0.4 is 21.7 Å². The van der Waals surface area contributed by atoms with E-state index in [9.17, 15) is 24.3 Å². The van der Waals surface area contributed by atoms with Crippen LogP contribution >= 0.6 is 0 Å². The molecule has 7 N–H and O–H groups in total. The SMILES string of the molecule is CC(NC(=O)C(NC(=O)C(N)CO)C(C)C)C(=O)NC(Cc1ccccc1)C(=O)O. The average molecular weight is 422 g/mol. The van der Waals surface area contributed by atoms with Gasteiger partial charge in [-0.2, -0.15) is 0 Å². The van der Waals surface area contributed by atoms with E-state index >= 15 is 0 Å². The molecule has 0 saturated carbocycles. The van der Waals surface area contributed by atoms with Gasteiger partial charge < -0.3 is 31.9 Å². The highest BCUT2D eigenvalue weighted by Crippen LogP contribution is 2.05. The number of carboxylic acid groups (broad SMARTS) is 1. The van der Waals surface area contributed by atoms with Crippen LogP contribution in [0.15, 0.2) is 30.3 Å². The molecule has 0 bridgehead atoms. The van der Waals surface area contributed by atoms with Gasteiger partial charge in [-0.1, -0.05) is 44.2 Å². The first-order valence-corrected chi connectivity index (χ1v) is 9.61. The fourth-order valence-electron chi connectivity index (χ4n) is 2.59. The van der Waals surface area contributed by atoms with E-state index < -0.39 is 54.5 Å². The van der Waals surface area contributed by atoms with Crippen LogP contribution in [0, 0.1) is 5.92 Å². The number of benzene rings is 1. The van der Waals surface area contributed by atoms with Crippen molar-refractivity contribution >= 4 is 23.7 Å². The molecule has 10 nitrogen and oxygen atoms in total. The van der Waals surface area contributed by atoms with Gasteiger partial charge in [0.1, 0.15) is 24.2 Å². The molecule has 1 aromatic carbocycles. The predicted octanol–water partition coefficient (Wildman–Crippen LogP) is -1.24. The van der Waals surface area contributed by atoms with Gasteiger partial charge in [0.15, 0.2) is 0 Å². The molecular weight excluding hydrogens is 392 g/mol. The number of carboxylic acids is 1. The van der Waals surface area contributed by atoms with Gasteiger partial charge in [-0.25, -0.2) is 4.79 Å². The first-order valence-electron chi connectivity index (χ1n) is 9.61. The predicted molar refractivity (Wildman–Crippen MR) is 109 cm³/mol. The van der Waals surface area contributed by atoms with E-state index in [1.54, 1.807) is 44.2 Å².